The number of carbonyl (C=O) groups excluding carboxylic acids is 1. The number of carbonyl (C=O) groups is 1. The highest BCUT2D eigenvalue weighted by Gasteiger charge is 2.14. The van der Waals surface area contributed by atoms with Crippen LogP contribution in [0, 0.1) is 0 Å². The van der Waals surface area contributed by atoms with Gasteiger partial charge < -0.3 is 14.8 Å². The molecule has 5 nitrogen and oxygen atoms in total. The number of rotatable bonds is 9. The zero-order valence-electron chi connectivity index (χ0n) is 17.6. The van der Waals surface area contributed by atoms with Gasteiger partial charge in [-0.05, 0) is 69.1 Å². The number of ether oxygens (including phenoxy) is 2. The molecule has 1 aliphatic rings. The van der Waals surface area contributed by atoms with Crippen LogP contribution in [-0.4, -0.2) is 37.1 Å². The van der Waals surface area contributed by atoms with Crippen molar-refractivity contribution in [2.75, 3.05) is 26.3 Å². The van der Waals surface area contributed by atoms with Crippen LogP contribution >= 0.6 is 0 Å². The van der Waals surface area contributed by atoms with Crippen LogP contribution in [0.1, 0.15) is 54.6 Å². The Bertz CT molecular complexity index is 800. The average Bonchev–Trinajstić information content (AvgIpc) is 2.75. The van der Waals surface area contributed by atoms with E-state index < -0.39 is 0 Å². The molecule has 0 radical (unpaired) electrons. The summed E-state index contributed by atoms with van der Waals surface area (Å²) >= 11 is 0. The topological polar surface area (TPSA) is 50.8 Å². The third kappa shape index (κ3) is 5.97. The van der Waals surface area contributed by atoms with Crippen molar-refractivity contribution in [3.05, 3.63) is 59.2 Å². The Balaban J connectivity index is 1.65. The third-order valence-corrected chi connectivity index (χ3v) is 5.21. The number of nitrogens with one attached hydrogen (secondary N) is 1. The second kappa shape index (κ2) is 10.9. The highest BCUT2D eigenvalue weighted by molar-refractivity contribution is 5.94. The molecular weight excluding hydrogens is 364 g/mol. The molecule has 1 heterocycles. The monoisotopic (exact) mass is 396 g/mol. The van der Waals surface area contributed by atoms with Crippen LogP contribution in [0.3, 0.4) is 0 Å². The molecule has 0 saturated carbocycles. The fraction of sp³-hybridized carbons (Fsp3) is 0.458. The number of piperidine rings is 1. The van der Waals surface area contributed by atoms with Gasteiger partial charge in [-0.3, -0.25) is 9.69 Å². The average molecular weight is 397 g/mol. The minimum Gasteiger partial charge on any atom is -0.490 e. The van der Waals surface area contributed by atoms with Crippen molar-refractivity contribution in [1.82, 2.24) is 10.2 Å². The standard InChI is InChI=1S/C24H32N2O3/c1-3-28-22-13-12-19(16-23(22)29-4-2)24(27)25-17-20-10-6-7-11-21(20)18-26-14-8-5-9-15-26/h6-7,10-13,16H,3-5,8-9,14-15,17-18H2,1-2H3,(H,25,27). The molecule has 0 atom stereocenters. The van der Waals surface area contributed by atoms with Crippen molar-refractivity contribution in [2.45, 2.75) is 46.2 Å². The smallest absolute Gasteiger partial charge is 0.251 e. The largest absolute Gasteiger partial charge is 0.490 e. The van der Waals surface area contributed by atoms with Gasteiger partial charge in [-0.25, -0.2) is 0 Å². The van der Waals surface area contributed by atoms with Crippen molar-refractivity contribution in [3.63, 3.8) is 0 Å². The van der Waals surface area contributed by atoms with Gasteiger partial charge >= 0.3 is 0 Å². The summed E-state index contributed by atoms with van der Waals surface area (Å²) in [6.45, 7) is 8.71. The fourth-order valence-electron chi connectivity index (χ4n) is 3.71. The van der Waals surface area contributed by atoms with Crippen LogP contribution in [0.25, 0.3) is 0 Å². The molecule has 0 unspecified atom stereocenters. The lowest BCUT2D eigenvalue weighted by molar-refractivity contribution is 0.0950. The second-order valence-corrected chi connectivity index (χ2v) is 7.32. The van der Waals surface area contributed by atoms with Gasteiger partial charge in [-0.1, -0.05) is 30.7 Å². The Hall–Kier alpha value is -2.53. The van der Waals surface area contributed by atoms with Gasteiger partial charge in [0.15, 0.2) is 11.5 Å². The molecule has 1 amide bonds. The Kier molecular flexibility index (Phi) is 7.94. The van der Waals surface area contributed by atoms with Gasteiger partial charge in [0, 0.05) is 18.7 Å². The maximum atomic E-state index is 12.7. The lowest BCUT2D eigenvalue weighted by Gasteiger charge is -2.27. The van der Waals surface area contributed by atoms with E-state index in [0.29, 0.717) is 36.8 Å². The molecular formula is C24H32N2O3. The number of benzene rings is 2. The summed E-state index contributed by atoms with van der Waals surface area (Å²) in [7, 11) is 0. The van der Waals surface area contributed by atoms with E-state index in [9.17, 15) is 4.79 Å². The molecule has 0 bridgehead atoms. The molecule has 5 heteroatoms. The Morgan fingerprint density at radius 1 is 0.931 bits per heavy atom. The molecule has 3 rings (SSSR count). The quantitative estimate of drug-likeness (QED) is 0.683. The molecule has 1 fully saturated rings. The zero-order chi connectivity index (χ0) is 20.5. The molecule has 1 aliphatic heterocycles. The Labute approximate surface area is 174 Å². The summed E-state index contributed by atoms with van der Waals surface area (Å²) in [6.07, 6.45) is 3.89. The second-order valence-electron chi connectivity index (χ2n) is 7.32. The van der Waals surface area contributed by atoms with E-state index in [1.165, 1.54) is 30.4 Å². The van der Waals surface area contributed by atoms with Crippen LogP contribution < -0.4 is 14.8 Å². The van der Waals surface area contributed by atoms with Crippen molar-refractivity contribution >= 4 is 5.91 Å². The van der Waals surface area contributed by atoms with E-state index in [0.717, 1.165) is 19.6 Å². The van der Waals surface area contributed by atoms with Crippen LogP contribution in [0.15, 0.2) is 42.5 Å². The fourth-order valence-corrected chi connectivity index (χ4v) is 3.71. The van der Waals surface area contributed by atoms with E-state index in [2.05, 4.69) is 28.4 Å². The minimum atomic E-state index is -0.109. The first-order valence-electron chi connectivity index (χ1n) is 10.7. The van der Waals surface area contributed by atoms with Crippen LogP contribution in [0.5, 0.6) is 11.5 Å². The summed E-state index contributed by atoms with van der Waals surface area (Å²) in [4.78, 5) is 15.2. The predicted octanol–water partition coefficient (Wildman–Crippen LogP) is 4.40. The summed E-state index contributed by atoms with van der Waals surface area (Å²) in [6, 6.07) is 13.7. The predicted molar refractivity (Wildman–Crippen MR) is 116 cm³/mol. The van der Waals surface area contributed by atoms with E-state index in [-0.39, 0.29) is 5.91 Å². The first-order valence-corrected chi connectivity index (χ1v) is 10.7. The maximum Gasteiger partial charge on any atom is 0.251 e. The minimum absolute atomic E-state index is 0.109. The zero-order valence-corrected chi connectivity index (χ0v) is 17.6. The van der Waals surface area contributed by atoms with Crippen molar-refractivity contribution in [3.8, 4) is 11.5 Å². The molecule has 0 aromatic heterocycles. The van der Waals surface area contributed by atoms with E-state index in [1.807, 2.05) is 19.9 Å². The molecule has 2 aromatic carbocycles. The normalized spacial score (nSPS) is 14.4. The number of hydrogen-bond donors (Lipinski definition) is 1. The Morgan fingerprint density at radius 2 is 1.62 bits per heavy atom. The first-order chi connectivity index (χ1) is 14.2. The van der Waals surface area contributed by atoms with Gasteiger partial charge in [-0.15, -0.1) is 0 Å². The lowest BCUT2D eigenvalue weighted by Crippen LogP contribution is -2.30. The van der Waals surface area contributed by atoms with Gasteiger partial charge in [0.25, 0.3) is 5.91 Å². The summed E-state index contributed by atoms with van der Waals surface area (Å²) in [5.41, 5.74) is 3.03. The first kappa shape index (κ1) is 21.2. The van der Waals surface area contributed by atoms with Gasteiger partial charge in [0.05, 0.1) is 13.2 Å². The van der Waals surface area contributed by atoms with E-state index in [1.54, 1.807) is 18.2 Å². The molecule has 1 N–H and O–H groups in total. The van der Waals surface area contributed by atoms with Crippen LogP contribution in [0.4, 0.5) is 0 Å². The van der Waals surface area contributed by atoms with E-state index >= 15 is 0 Å². The van der Waals surface area contributed by atoms with Crippen LogP contribution in [-0.2, 0) is 13.1 Å². The van der Waals surface area contributed by atoms with Gasteiger partial charge in [-0.2, -0.15) is 0 Å². The Morgan fingerprint density at radius 3 is 2.34 bits per heavy atom. The molecule has 2 aromatic rings. The lowest BCUT2D eigenvalue weighted by atomic mass is 10.0. The SMILES string of the molecule is CCOc1ccc(C(=O)NCc2ccccc2CN2CCCCC2)cc1OCC. The summed E-state index contributed by atoms with van der Waals surface area (Å²) < 4.78 is 11.2. The molecule has 29 heavy (non-hydrogen) atoms. The van der Waals surface area contributed by atoms with Crippen molar-refractivity contribution in [2.24, 2.45) is 0 Å². The van der Waals surface area contributed by atoms with Crippen molar-refractivity contribution in [1.29, 1.82) is 0 Å². The number of likely N-dealkylation sites (tertiary alicyclic amines) is 1. The number of hydrogen-bond acceptors (Lipinski definition) is 4. The molecule has 0 spiro atoms. The molecule has 0 aliphatic carbocycles. The van der Waals surface area contributed by atoms with E-state index in [4.69, 9.17) is 9.47 Å². The van der Waals surface area contributed by atoms with Crippen molar-refractivity contribution < 1.29 is 14.3 Å². The molecule has 156 valence electrons. The van der Waals surface area contributed by atoms with Gasteiger partial charge in [0.2, 0.25) is 0 Å². The number of nitrogens with zero attached hydrogens (tertiary/aromatic N) is 1. The number of amides is 1. The summed E-state index contributed by atoms with van der Waals surface area (Å²) in [5.74, 6) is 1.16. The van der Waals surface area contributed by atoms with Gasteiger partial charge in [0.1, 0.15) is 0 Å². The third-order valence-electron chi connectivity index (χ3n) is 5.21. The van der Waals surface area contributed by atoms with Crippen LogP contribution in [0.2, 0.25) is 0 Å². The highest BCUT2D eigenvalue weighted by atomic mass is 16.5. The summed E-state index contributed by atoms with van der Waals surface area (Å²) in [5, 5.41) is 3.06. The molecule has 1 saturated heterocycles. The maximum absolute atomic E-state index is 12.7. The highest BCUT2D eigenvalue weighted by Crippen LogP contribution is 2.28.